The summed E-state index contributed by atoms with van der Waals surface area (Å²) in [4.78, 5) is 10.9. The van der Waals surface area contributed by atoms with Crippen LogP contribution in [0, 0.1) is 5.92 Å². The summed E-state index contributed by atoms with van der Waals surface area (Å²) in [7, 11) is 0. The van der Waals surface area contributed by atoms with Gasteiger partial charge in [-0.25, -0.2) is 0 Å². The maximum absolute atomic E-state index is 10.9. The lowest BCUT2D eigenvalue weighted by Crippen LogP contribution is -2.18. The van der Waals surface area contributed by atoms with Gasteiger partial charge in [0.1, 0.15) is 6.61 Å². The highest BCUT2D eigenvalue weighted by Crippen LogP contribution is 2.28. The molecule has 0 spiro atoms. The van der Waals surface area contributed by atoms with Gasteiger partial charge < -0.3 is 19.3 Å². The smallest absolute Gasteiger partial charge is 0.306 e. The highest BCUT2D eigenvalue weighted by molar-refractivity contribution is 5.70. The Kier molecular flexibility index (Phi) is 8.25. The highest BCUT2D eigenvalue weighted by atomic mass is 16.5. The monoisotopic (exact) mass is 272 g/mol. The summed E-state index contributed by atoms with van der Waals surface area (Å²) in [6, 6.07) is 0. The second-order valence-electron chi connectivity index (χ2n) is 4.59. The molecule has 0 aromatic rings. The van der Waals surface area contributed by atoms with Gasteiger partial charge in [0, 0.05) is 6.61 Å². The molecule has 1 fully saturated rings. The summed E-state index contributed by atoms with van der Waals surface area (Å²) in [6.45, 7) is 4.86. The summed E-state index contributed by atoms with van der Waals surface area (Å²) < 4.78 is 15.8. The zero-order chi connectivity index (χ0) is 13.9. The fourth-order valence-corrected chi connectivity index (χ4v) is 2.06. The van der Waals surface area contributed by atoms with Crippen LogP contribution in [0.3, 0.4) is 0 Å². The van der Waals surface area contributed by atoms with Crippen molar-refractivity contribution in [1.82, 2.24) is 0 Å². The maximum Gasteiger partial charge on any atom is 0.306 e. The Bertz CT molecular complexity index is 288. The van der Waals surface area contributed by atoms with E-state index in [9.17, 15) is 4.79 Å². The molecule has 1 unspecified atom stereocenters. The predicted molar refractivity (Wildman–Crippen MR) is 70.9 cm³/mol. The molecule has 1 atom stereocenters. The van der Waals surface area contributed by atoms with Crippen molar-refractivity contribution in [3.63, 3.8) is 0 Å². The molecule has 0 radical (unpaired) electrons. The molecule has 1 N–H and O–H groups in total. The minimum Gasteiger partial charge on any atom is -0.499 e. The Morgan fingerprint density at radius 3 is 2.79 bits per heavy atom. The summed E-state index contributed by atoms with van der Waals surface area (Å²) in [5.41, 5.74) is 1.09. The zero-order valence-corrected chi connectivity index (χ0v) is 11.6. The summed E-state index contributed by atoms with van der Waals surface area (Å²) >= 11 is 0. The Morgan fingerprint density at radius 2 is 2.05 bits per heavy atom. The van der Waals surface area contributed by atoms with Gasteiger partial charge in [0.15, 0.2) is 0 Å². The van der Waals surface area contributed by atoms with Crippen LogP contribution in [0.1, 0.15) is 32.6 Å². The van der Waals surface area contributed by atoms with Crippen molar-refractivity contribution in [3.05, 3.63) is 11.8 Å². The van der Waals surface area contributed by atoms with Crippen molar-refractivity contribution in [1.29, 1.82) is 0 Å². The minimum atomic E-state index is -0.704. The standard InChI is InChI=1S/C14H24O5/c1-2-17-6-7-18-8-9-19-11-12-4-3-5-13(10-12)14(15)16/h11,13H,2-10H2,1H3,(H,15,16)/b12-11-. The lowest BCUT2D eigenvalue weighted by atomic mass is 9.86. The Labute approximate surface area is 114 Å². The van der Waals surface area contributed by atoms with Gasteiger partial charge in [-0.1, -0.05) is 0 Å². The van der Waals surface area contributed by atoms with E-state index in [0.29, 0.717) is 39.5 Å². The summed E-state index contributed by atoms with van der Waals surface area (Å²) in [6.07, 6.45) is 4.96. The molecule has 1 saturated carbocycles. The number of allylic oxidation sites excluding steroid dienone is 1. The van der Waals surface area contributed by atoms with Gasteiger partial charge in [-0.15, -0.1) is 0 Å². The van der Waals surface area contributed by atoms with Gasteiger partial charge in [0.05, 0.1) is 32.0 Å². The third-order valence-corrected chi connectivity index (χ3v) is 3.08. The van der Waals surface area contributed by atoms with E-state index in [2.05, 4.69) is 0 Å². The first-order valence-electron chi connectivity index (χ1n) is 6.91. The number of carbonyl (C=O) groups is 1. The predicted octanol–water partition coefficient (Wildman–Crippen LogP) is 2.21. The van der Waals surface area contributed by atoms with Crippen LogP contribution in [0.5, 0.6) is 0 Å². The largest absolute Gasteiger partial charge is 0.499 e. The first-order valence-corrected chi connectivity index (χ1v) is 6.91. The Morgan fingerprint density at radius 1 is 1.32 bits per heavy atom. The first kappa shape index (κ1) is 16.0. The number of hydrogen-bond acceptors (Lipinski definition) is 4. The van der Waals surface area contributed by atoms with E-state index >= 15 is 0 Å². The number of carboxylic acid groups (broad SMARTS) is 1. The van der Waals surface area contributed by atoms with E-state index in [-0.39, 0.29) is 5.92 Å². The molecule has 19 heavy (non-hydrogen) atoms. The Balaban J connectivity index is 2.06. The SMILES string of the molecule is CCOCCOCCO/C=C1/CCCC(C(=O)O)C1. The van der Waals surface area contributed by atoms with E-state index in [4.69, 9.17) is 19.3 Å². The van der Waals surface area contributed by atoms with E-state index in [1.807, 2.05) is 6.92 Å². The zero-order valence-electron chi connectivity index (χ0n) is 11.6. The maximum atomic E-state index is 10.9. The van der Waals surface area contributed by atoms with Crippen LogP contribution in [-0.4, -0.2) is 44.1 Å². The molecule has 1 aliphatic carbocycles. The van der Waals surface area contributed by atoms with Gasteiger partial charge in [0.2, 0.25) is 0 Å². The van der Waals surface area contributed by atoms with Crippen molar-refractivity contribution in [2.75, 3.05) is 33.0 Å². The van der Waals surface area contributed by atoms with Gasteiger partial charge in [-0.05, 0) is 38.2 Å². The molecule has 0 aromatic heterocycles. The molecule has 110 valence electrons. The van der Waals surface area contributed by atoms with E-state index in [1.54, 1.807) is 6.26 Å². The molecule has 1 rings (SSSR count). The molecule has 0 aromatic carbocycles. The quantitative estimate of drug-likeness (QED) is 0.515. The third-order valence-electron chi connectivity index (χ3n) is 3.08. The van der Waals surface area contributed by atoms with Crippen LogP contribution < -0.4 is 0 Å². The molecule has 0 bridgehead atoms. The number of ether oxygens (including phenoxy) is 3. The molecule has 5 nitrogen and oxygen atoms in total. The number of hydrogen-bond donors (Lipinski definition) is 1. The molecule has 0 amide bonds. The van der Waals surface area contributed by atoms with Crippen LogP contribution in [0.2, 0.25) is 0 Å². The van der Waals surface area contributed by atoms with Gasteiger partial charge >= 0.3 is 5.97 Å². The third kappa shape index (κ3) is 7.18. The average molecular weight is 272 g/mol. The molecule has 0 aliphatic heterocycles. The van der Waals surface area contributed by atoms with Crippen LogP contribution in [0.15, 0.2) is 11.8 Å². The molecule has 0 heterocycles. The van der Waals surface area contributed by atoms with E-state index in [0.717, 1.165) is 24.8 Å². The van der Waals surface area contributed by atoms with Gasteiger partial charge in [-0.3, -0.25) is 4.79 Å². The molecular formula is C14H24O5. The highest BCUT2D eigenvalue weighted by Gasteiger charge is 2.23. The van der Waals surface area contributed by atoms with Crippen molar-refractivity contribution in [3.8, 4) is 0 Å². The van der Waals surface area contributed by atoms with Crippen LogP contribution in [-0.2, 0) is 19.0 Å². The molecular weight excluding hydrogens is 248 g/mol. The van der Waals surface area contributed by atoms with E-state index < -0.39 is 5.97 Å². The van der Waals surface area contributed by atoms with Crippen LogP contribution in [0.4, 0.5) is 0 Å². The number of rotatable bonds is 9. The molecule has 1 aliphatic rings. The second kappa shape index (κ2) is 9.81. The van der Waals surface area contributed by atoms with Crippen LogP contribution >= 0.6 is 0 Å². The van der Waals surface area contributed by atoms with E-state index in [1.165, 1.54) is 0 Å². The lowest BCUT2D eigenvalue weighted by molar-refractivity contribution is -0.142. The van der Waals surface area contributed by atoms with Crippen LogP contribution in [0.25, 0.3) is 0 Å². The average Bonchev–Trinajstić information content (AvgIpc) is 2.42. The van der Waals surface area contributed by atoms with Gasteiger partial charge in [-0.2, -0.15) is 0 Å². The van der Waals surface area contributed by atoms with Gasteiger partial charge in [0.25, 0.3) is 0 Å². The van der Waals surface area contributed by atoms with Crippen molar-refractivity contribution in [2.24, 2.45) is 5.92 Å². The topological polar surface area (TPSA) is 65.0 Å². The Hall–Kier alpha value is -1.07. The van der Waals surface area contributed by atoms with Crippen molar-refractivity contribution >= 4 is 5.97 Å². The number of carboxylic acids is 1. The van der Waals surface area contributed by atoms with Crippen molar-refractivity contribution < 1.29 is 24.1 Å². The summed E-state index contributed by atoms with van der Waals surface area (Å²) in [5.74, 6) is -0.948. The molecule has 5 heteroatoms. The minimum absolute atomic E-state index is 0.244. The fraction of sp³-hybridized carbons (Fsp3) is 0.786. The number of aliphatic carboxylic acids is 1. The molecule has 0 saturated heterocycles. The fourth-order valence-electron chi connectivity index (χ4n) is 2.06. The first-order chi connectivity index (χ1) is 9.24. The second-order valence-corrected chi connectivity index (χ2v) is 4.59. The van der Waals surface area contributed by atoms with Crippen molar-refractivity contribution in [2.45, 2.75) is 32.6 Å². The normalized spacial score (nSPS) is 21.5. The summed E-state index contributed by atoms with van der Waals surface area (Å²) in [5, 5.41) is 8.97. The lowest BCUT2D eigenvalue weighted by Gasteiger charge is -2.20.